The second-order valence-corrected chi connectivity index (χ2v) is 4.07. The molecular weight excluding hydrogens is 218 g/mol. The first-order valence-electron chi connectivity index (χ1n) is 5.64. The number of hydrogen-bond donors (Lipinski definition) is 2. The lowest BCUT2D eigenvalue weighted by Crippen LogP contribution is -2.47. The summed E-state index contributed by atoms with van der Waals surface area (Å²) in [6, 6.07) is 5.65. The third-order valence-corrected chi connectivity index (χ3v) is 2.91. The molecule has 0 saturated carbocycles. The average Bonchev–Trinajstić information content (AvgIpc) is 2.37. The van der Waals surface area contributed by atoms with Crippen LogP contribution in [0.1, 0.15) is 6.92 Å². The first-order valence-corrected chi connectivity index (χ1v) is 5.64. The molecule has 1 unspecified atom stereocenters. The summed E-state index contributed by atoms with van der Waals surface area (Å²) in [4.78, 5) is 13.6. The van der Waals surface area contributed by atoms with E-state index in [0.717, 1.165) is 17.1 Å². The van der Waals surface area contributed by atoms with Crippen LogP contribution >= 0.6 is 0 Å². The first-order chi connectivity index (χ1) is 8.17. The number of hydrogen-bond acceptors (Lipinski definition) is 4. The molecule has 1 aromatic rings. The van der Waals surface area contributed by atoms with E-state index in [4.69, 9.17) is 10.5 Å². The Morgan fingerprint density at radius 3 is 3.00 bits per heavy atom. The molecule has 1 heterocycles. The minimum Gasteiger partial charge on any atom is -0.482 e. The molecule has 0 aromatic heterocycles. The number of nitrogens with zero attached hydrogens (tertiary/aromatic N) is 1. The summed E-state index contributed by atoms with van der Waals surface area (Å²) in [6.45, 7) is 2.43. The van der Waals surface area contributed by atoms with Crippen molar-refractivity contribution < 1.29 is 9.53 Å². The normalized spacial score (nSPS) is 16.2. The minimum absolute atomic E-state index is 0.0303. The largest absolute Gasteiger partial charge is 0.482 e. The van der Waals surface area contributed by atoms with Gasteiger partial charge in [0.1, 0.15) is 5.75 Å². The van der Waals surface area contributed by atoms with Crippen molar-refractivity contribution in [1.29, 1.82) is 0 Å². The molecule has 17 heavy (non-hydrogen) atoms. The van der Waals surface area contributed by atoms with Crippen LogP contribution in [0.3, 0.4) is 0 Å². The lowest BCUT2D eigenvalue weighted by molar-refractivity contribution is -0.121. The SMILES string of the molecule is CNc1ccc2c(c1)N(C(C)CN)C(=O)CO2. The highest BCUT2D eigenvalue weighted by atomic mass is 16.5. The number of ether oxygens (including phenoxy) is 1. The summed E-state index contributed by atoms with van der Waals surface area (Å²) in [7, 11) is 1.84. The zero-order valence-corrected chi connectivity index (χ0v) is 10.1. The van der Waals surface area contributed by atoms with Crippen LogP contribution in [-0.4, -0.2) is 32.1 Å². The van der Waals surface area contributed by atoms with Gasteiger partial charge >= 0.3 is 0 Å². The third-order valence-electron chi connectivity index (χ3n) is 2.91. The molecule has 2 rings (SSSR count). The van der Waals surface area contributed by atoms with Crippen molar-refractivity contribution in [2.24, 2.45) is 5.73 Å². The van der Waals surface area contributed by atoms with Gasteiger partial charge in [-0.15, -0.1) is 0 Å². The number of fused-ring (bicyclic) bond motifs is 1. The molecular formula is C12H17N3O2. The van der Waals surface area contributed by atoms with Gasteiger partial charge in [-0.25, -0.2) is 0 Å². The first kappa shape index (κ1) is 11.7. The van der Waals surface area contributed by atoms with Crippen LogP contribution in [0.25, 0.3) is 0 Å². The third kappa shape index (κ3) is 2.06. The fourth-order valence-corrected chi connectivity index (χ4v) is 1.92. The van der Waals surface area contributed by atoms with Crippen LogP contribution in [-0.2, 0) is 4.79 Å². The number of carbonyl (C=O) groups is 1. The predicted octanol–water partition coefficient (Wildman–Crippen LogP) is 0.801. The van der Waals surface area contributed by atoms with Gasteiger partial charge < -0.3 is 20.7 Å². The van der Waals surface area contributed by atoms with Crippen LogP contribution in [0.2, 0.25) is 0 Å². The number of anilines is 2. The quantitative estimate of drug-likeness (QED) is 0.813. The van der Waals surface area contributed by atoms with Crippen molar-refractivity contribution in [2.75, 3.05) is 30.4 Å². The molecule has 1 aliphatic heterocycles. The van der Waals surface area contributed by atoms with Gasteiger partial charge in [-0.05, 0) is 25.1 Å². The van der Waals surface area contributed by atoms with Gasteiger partial charge in [0.05, 0.1) is 5.69 Å². The van der Waals surface area contributed by atoms with E-state index in [1.165, 1.54) is 0 Å². The summed E-state index contributed by atoms with van der Waals surface area (Å²) < 4.78 is 5.40. The molecule has 0 aliphatic carbocycles. The van der Waals surface area contributed by atoms with Crippen molar-refractivity contribution in [3.05, 3.63) is 18.2 Å². The predicted molar refractivity (Wildman–Crippen MR) is 67.5 cm³/mol. The molecule has 0 fully saturated rings. The van der Waals surface area contributed by atoms with Gasteiger partial charge in [0.15, 0.2) is 6.61 Å². The molecule has 0 bridgehead atoms. The molecule has 5 heteroatoms. The maximum atomic E-state index is 11.9. The molecule has 0 saturated heterocycles. The number of benzene rings is 1. The highest BCUT2D eigenvalue weighted by molar-refractivity contribution is 5.99. The molecule has 1 atom stereocenters. The van der Waals surface area contributed by atoms with E-state index in [0.29, 0.717) is 6.54 Å². The second-order valence-electron chi connectivity index (χ2n) is 4.07. The van der Waals surface area contributed by atoms with Crippen LogP contribution in [0.4, 0.5) is 11.4 Å². The van der Waals surface area contributed by atoms with Crippen LogP contribution < -0.4 is 20.7 Å². The Kier molecular flexibility index (Phi) is 3.19. The topological polar surface area (TPSA) is 67.6 Å². The molecule has 1 amide bonds. The van der Waals surface area contributed by atoms with E-state index in [2.05, 4.69) is 5.32 Å². The summed E-state index contributed by atoms with van der Waals surface area (Å²) in [5.41, 5.74) is 7.37. The highest BCUT2D eigenvalue weighted by Gasteiger charge is 2.28. The maximum absolute atomic E-state index is 11.9. The zero-order valence-electron chi connectivity index (χ0n) is 10.1. The summed E-state index contributed by atoms with van der Waals surface area (Å²) in [6.07, 6.45) is 0. The molecule has 3 N–H and O–H groups in total. The fourth-order valence-electron chi connectivity index (χ4n) is 1.92. The van der Waals surface area contributed by atoms with Gasteiger partial charge in [0.2, 0.25) is 0 Å². The lowest BCUT2D eigenvalue weighted by atomic mass is 10.1. The summed E-state index contributed by atoms with van der Waals surface area (Å²) in [5, 5.41) is 3.04. The summed E-state index contributed by atoms with van der Waals surface area (Å²) in [5.74, 6) is 0.674. The molecule has 92 valence electrons. The van der Waals surface area contributed by atoms with E-state index in [1.54, 1.807) is 4.90 Å². The van der Waals surface area contributed by atoms with Gasteiger partial charge in [-0.2, -0.15) is 0 Å². The molecule has 0 spiro atoms. The number of rotatable bonds is 3. The molecule has 5 nitrogen and oxygen atoms in total. The van der Waals surface area contributed by atoms with E-state index in [1.807, 2.05) is 32.2 Å². The Bertz CT molecular complexity index is 434. The Labute approximate surface area is 101 Å². The van der Waals surface area contributed by atoms with Gasteiger partial charge in [-0.1, -0.05) is 0 Å². The standard InChI is InChI=1S/C12H17N3O2/c1-8(6-13)15-10-5-9(14-2)3-4-11(10)17-7-12(15)16/h3-5,8,14H,6-7,13H2,1-2H3. The minimum atomic E-state index is -0.0521. The number of nitrogens with one attached hydrogen (secondary N) is 1. The van der Waals surface area contributed by atoms with Gasteiger partial charge in [0, 0.05) is 25.3 Å². The Hall–Kier alpha value is -1.75. The highest BCUT2D eigenvalue weighted by Crippen LogP contribution is 2.35. The Morgan fingerprint density at radius 1 is 1.59 bits per heavy atom. The number of carbonyl (C=O) groups excluding carboxylic acids is 1. The van der Waals surface area contributed by atoms with Crippen molar-refractivity contribution in [3.8, 4) is 5.75 Å². The fraction of sp³-hybridized carbons (Fsp3) is 0.417. The number of nitrogens with two attached hydrogens (primary N) is 1. The zero-order chi connectivity index (χ0) is 12.4. The van der Waals surface area contributed by atoms with Crippen molar-refractivity contribution >= 4 is 17.3 Å². The number of amides is 1. The van der Waals surface area contributed by atoms with E-state index in [9.17, 15) is 4.79 Å². The van der Waals surface area contributed by atoms with E-state index in [-0.39, 0.29) is 18.6 Å². The van der Waals surface area contributed by atoms with E-state index < -0.39 is 0 Å². The monoisotopic (exact) mass is 235 g/mol. The van der Waals surface area contributed by atoms with Gasteiger partial charge in [-0.3, -0.25) is 4.79 Å². The maximum Gasteiger partial charge on any atom is 0.265 e. The van der Waals surface area contributed by atoms with Crippen molar-refractivity contribution in [1.82, 2.24) is 0 Å². The molecule has 1 aliphatic rings. The van der Waals surface area contributed by atoms with E-state index >= 15 is 0 Å². The Balaban J connectivity index is 2.45. The van der Waals surface area contributed by atoms with Gasteiger partial charge in [0.25, 0.3) is 5.91 Å². The van der Waals surface area contributed by atoms with Crippen LogP contribution in [0, 0.1) is 0 Å². The van der Waals surface area contributed by atoms with Crippen molar-refractivity contribution in [3.63, 3.8) is 0 Å². The van der Waals surface area contributed by atoms with Crippen molar-refractivity contribution in [2.45, 2.75) is 13.0 Å². The molecule has 1 aromatic carbocycles. The summed E-state index contributed by atoms with van der Waals surface area (Å²) >= 11 is 0. The average molecular weight is 235 g/mol. The Morgan fingerprint density at radius 2 is 2.35 bits per heavy atom. The second kappa shape index (κ2) is 4.63. The lowest BCUT2D eigenvalue weighted by Gasteiger charge is -2.33. The molecule has 0 radical (unpaired) electrons. The van der Waals surface area contributed by atoms with Crippen LogP contribution in [0.5, 0.6) is 5.75 Å². The van der Waals surface area contributed by atoms with Crippen LogP contribution in [0.15, 0.2) is 18.2 Å². The smallest absolute Gasteiger partial charge is 0.265 e.